The summed E-state index contributed by atoms with van der Waals surface area (Å²) in [5.74, 6) is 0. The summed E-state index contributed by atoms with van der Waals surface area (Å²) in [6.07, 6.45) is 6.45. The van der Waals surface area contributed by atoms with Crippen molar-refractivity contribution < 1.29 is 0 Å². The number of anilines is 2. The Morgan fingerprint density at radius 3 is 2.80 bits per heavy atom. The topological polar surface area (TPSA) is 65.1 Å². The highest BCUT2D eigenvalue weighted by molar-refractivity contribution is 6.32. The number of aromatic nitrogens is 3. The number of H-pyrrole nitrogens is 1. The van der Waals surface area contributed by atoms with Gasteiger partial charge in [0, 0.05) is 31.9 Å². The SMILES string of the molecule is CCc1ncccc1N(CC)C1CCN(c2cn[nH]c(=O)c2Cl)CC1. The van der Waals surface area contributed by atoms with Gasteiger partial charge in [-0.15, -0.1) is 0 Å². The Balaban J connectivity index is 1.74. The molecule has 6 nitrogen and oxygen atoms in total. The van der Waals surface area contributed by atoms with E-state index in [0.29, 0.717) is 6.04 Å². The van der Waals surface area contributed by atoms with Gasteiger partial charge in [-0.05, 0) is 38.3 Å². The van der Waals surface area contributed by atoms with Crippen molar-refractivity contribution in [1.82, 2.24) is 15.2 Å². The summed E-state index contributed by atoms with van der Waals surface area (Å²) in [6, 6.07) is 4.64. The second-order valence-electron chi connectivity index (χ2n) is 6.23. The molecule has 1 aliphatic rings. The average Bonchev–Trinajstić information content (AvgIpc) is 2.66. The van der Waals surface area contributed by atoms with Gasteiger partial charge in [-0.2, -0.15) is 5.10 Å². The lowest BCUT2D eigenvalue weighted by Gasteiger charge is -2.40. The van der Waals surface area contributed by atoms with Crippen molar-refractivity contribution in [2.45, 2.75) is 39.2 Å². The van der Waals surface area contributed by atoms with E-state index in [2.05, 4.69) is 44.9 Å². The number of rotatable bonds is 5. The zero-order valence-electron chi connectivity index (χ0n) is 14.7. The van der Waals surface area contributed by atoms with Gasteiger partial charge in [-0.3, -0.25) is 9.78 Å². The molecule has 0 aliphatic carbocycles. The number of piperidine rings is 1. The van der Waals surface area contributed by atoms with E-state index in [9.17, 15) is 4.79 Å². The molecule has 0 unspecified atom stereocenters. The largest absolute Gasteiger partial charge is 0.369 e. The molecule has 0 bridgehead atoms. The van der Waals surface area contributed by atoms with Gasteiger partial charge in [0.05, 0.1) is 23.3 Å². The van der Waals surface area contributed by atoms with E-state index >= 15 is 0 Å². The van der Waals surface area contributed by atoms with Gasteiger partial charge in [0.15, 0.2) is 0 Å². The Morgan fingerprint density at radius 1 is 1.36 bits per heavy atom. The van der Waals surface area contributed by atoms with Crippen LogP contribution < -0.4 is 15.4 Å². The van der Waals surface area contributed by atoms with Crippen LogP contribution in [-0.2, 0) is 6.42 Å². The fraction of sp³-hybridized carbons (Fsp3) is 0.500. The predicted molar refractivity (Wildman–Crippen MR) is 102 cm³/mol. The minimum atomic E-state index is -0.334. The van der Waals surface area contributed by atoms with Crippen LogP contribution in [0.3, 0.4) is 0 Å². The summed E-state index contributed by atoms with van der Waals surface area (Å²) in [5.41, 5.74) is 2.78. The summed E-state index contributed by atoms with van der Waals surface area (Å²) < 4.78 is 0. The minimum Gasteiger partial charge on any atom is -0.369 e. The molecule has 0 amide bonds. The monoisotopic (exact) mass is 361 g/mol. The molecule has 2 aromatic rings. The van der Waals surface area contributed by atoms with Crippen molar-refractivity contribution in [3.05, 3.63) is 45.6 Å². The van der Waals surface area contributed by atoms with Crippen molar-refractivity contribution in [3.63, 3.8) is 0 Å². The molecule has 0 saturated carbocycles. The van der Waals surface area contributed by atoms with Crippen LogP contribution in [-0.4, -0.2) is 40.9 Å². The van der Waals surface area contributed by atoms with E-state index in [0.717, 1.165) is 50.3 Å². The number of halogens is 1. The second-order valence-corrected chi connectivity index (χ2v) is 6.60. The first kappa shape index (κ1) is 17.7. The molecule has 0 spiro atoms. The van der Waals surface area contributed by atoms with Crippen LogP contribution in [0.15, 0.2) is 29.3 Å². The van der Waals surface area contributed by atoms with Gasteiger partial charge in [0.2, 0.25) is 0 Å². The van der Waals surface area contributed by atoms with Gasteiger partial charge in [-0.1, -0.05) is 18.5 Å². The third-order valence-corrected chi connectivity index (χ3v) is 5.24. The normalized spacial score (nSPS) is 15.4. The molecule has 25 heavy (non-hydrogen) atoms. The molecular formula is C18H24ClN5O. The molecule has 0 aromatic carbocycles. The van der Waals surface area contributed by atoms with Gasteiger partial charge in [0.1, 0.15) is 5.02 Å². The fourth-order valence-corrected chi connectivity index (χ4v) is 3.81. The van der Waals surface area contributed by atoms with Crippen LogP contribution >= 0.6 is 11.6 Å². The molecule has 7 heteroatoms. The average molecular weight is 362 g/mol. The number of pyridine rings is 1. The highest BCUT2D eigenvalue weighted by atomic mass is 35.5. The Bertz CT molecular complexity index is 770. The van der Waals surface area contributed by atoms with Gasteiger partial charge >= 0.3 is 0 Å². The molecular weight excluding hydrogens is 338 g/mol. The summed E-state index contributed by atoms with van der Waals surface area (Å²) in [7, 11) is 0. The van der Waals surface area contributed by atoms with Crippen molar-refractivity contribution in [2.24, 2.45) is 0 Å². The van der Waals surface area contributed by atoms with E-state index in [-0.39, 0.29) is 10.6 Å². The van der Waals surface area contributed by atoms with Crippen molar-refractivity contribution in [2.75, 3.05) is 29.4 Å². The molecule has 1 N–H and O–H groups in total. The standard InChI is InChI=1S/C18H24ClN5O/c1-3-14-15(6-5-9-20-14)24(4-2)13-7-10-23(11-8-13)16-12-21-22-18(25)17(16)19/h5-6,9,12-13H,3-4,7-8,10-11H2,1-2H3,(H,22,25). The van der Waals surface area contributed by atoms with E-state index in [1.54, 1.807) is 6.20 Å². The van der Waals surface area contributed by atoms with Crippen LogP contribution in [0.25, 0.3) is 0 Å². The number of aromatic amines is 1. The first-order valence-electron chi connectivity index (χ1n) is 8.84. The molecule has 1 fully saturated rings. The second kappa shape index (κ2) is 7.87. The van der Waals surface area contributed by atoms with E-state index in [1.807, 2.05) is 12.3 Å². The summed E-state index contributed by atoms with van der Waals surface area (Å²) in [6.45, 7) is 7.00. The van der Waals surface area contributed by atoms with E-state index < -0.39 is 0 Å². The Hall–Kier alpha value is -2.08. The fourth-order valence-electron chi connectivity index (χ4n) is 3.60. The Morgan fingerprint density at radius 2 is 2.12 bits per heavy atom. The van der Waals surface area contributed by atoms with Gasteiger partial charge in [0.25, 0.3) is 5.56 Å². The first-order valence-corrected chi connectivity index (χ1v) is 9.22. The van der Waals surface area contributed by atoms with E-state index in [4.69, 9.17) is 11.6 Å². The summed E-state index contributed by atoms with van der Waals surface area (Å²) in [4.78, 5) is 20.8. The highest BCUT2D eigenvalue weighted by Crippen LogP contribution is 2.29. The predicted octanol–water partition coefficient (Wildman–Crippen LogP) is 2.88. The van der Waals surface area contributed by atoms with Crippen LogP contribution in [0, 0.1) is 0 Å². The molecule has 3 heterocycles. The lowest BCUT2D eigenvalue weighted by Crippen LogP contribution is -2.45. The lowest BCUT2D eigenvalue weighted by atomic mass is 10.0. The number of hydrogen-bond acceptors (Lipinski definition) is 5. The van der Waals surface area contributed by atoms with Crippen molar-refractivity contribution in [1.29, 1.82) is 0 Å². The molecule has 3 rings (SSSR count). The smallest absolute Gasteiger partial charge is 0.285 e. The minimum absolute atomic E-state index is 0.223. The van der Waals surface area contributed by atoms with Gasteiger partial charge < -0.3 is 9.80 Å². The Labute approximate surface area is 152 Å². The lowest BCUT2D eigenvalue weighted by molar-refractivity contribution is 0.468. The molecule has 0 atom stereocenters. The highest BCUT2D eigenvalue weighted by Gasteiger charge is 2.26. The van der Waals surface area contributed by atoms with Gasteiger partial charge in [-0.25, -0.2) is 5.10 Å². The zero-order valence-corrected chi connectivity index (χ0v) is 15.5. The maximum atomic E-state index is 11.7. The molecule has 1 saturated heterocycles. The number of nitrogens with zero attached hydrogens (tertiary/aromatic N) is 4. The molecule has 134 valence electrons. The quantitative estimate of drug-likeness (QED) is 0.887. The van der Waals surface area contributed by atoms with Crippen molar-refractivity contribution in [3.8, 4) is 0 Å². The van der Waals surface area contributed by atoms with Crippen LogP contribution in [0.2, 0.25) is 5.02 Å². The first-order chi connectivity index (χ1) is 12.2. The zero-order chi connectivity index (χ0) is 17.8. The van der Waals surface area contributed by atoms with E-state index in [1.165, 1.54) is 5.69 Å². The number of aryl methyl sites for hydroxylation is 1. The van der Waals surface area contributed by atoms with Crippen LogP contribution in [0.5, 0.6) is 0 Å². The Kier molecular flexibility index (Phi) is 5.58. The molecule has 2 aromatic heterocycles. The summed E-state index contributed by atoms with van der Waals surface area (Å²) in [5, 5.41) is 6.47. The van der Waals surface area contributed by atoms with Crippen LogP contribution in [0.4, 0.5) is 11.4 Å². The summed E-state index contributed by atoms with van der Waals surface area (Å²) >= 11 is 6.14. The maximum absolute atomic E-state index is 11.7. The third kappa shape index (κ3) is 3.63. The molecule has 1 aliphatic heterocycles. The number of nitrogens with one attached hydrogen (secondary N) is 1. The van der Waals surface area contributed by atoms with Crippen LogP contribution in [0.1, 0.15) is 32.4 Å². The van der Waals surface area contributed by atoms with Crippen molar-refractivity contribution >= 4 is 23.0 Å². The molecule has 0 radical (unpaired) electrons. The number of hydrogen-bond donors (Lipinski definition) is 1. The maximum Gasteiger partial charge on any atom is 0.285 e. The third-order valence-electron chi connectivity index (χ3n) is 4.87.